The molecular weight excluding hydrogens is 476 g/mol. The number of nitrogens with one attached hydrogen (secondary N) is 1. The van der Waals surface area contributed by atoms with Gasteiger partial charge >= 0.3 is 0 Å². The number of amides is 2. The number of rotatable bonds is 6. The minimum Gasteiger partial charge on any atom is -0.380 e. The monoisotopic (exact) mass is 500 g/mol. The lowest BCUT2D eigenvalue weighted by Gasteiger charge is -2.37. The summed E-state index contributed by atoms with van der Waals surface area (Å²) in [7, 11) is 0. The lowest BCUT2D eigenvalue weighted by molar-refractivity contribution is -0.153. The van der Waals surface area contributed by atoms with Gasteiger partial charge in [-0.25, -0.2) is 0 Å². The number of benzene rings is 2. The molecule has 1 heterocycles. The van der Waals surface area contributed by atoms with Gasteiger partial charge in [-0.05, 0) is 36.8 Å². The first-order valence-corrected chi connectivity index (χ1v) is 11.1. The fraction of sp³-hybridized carbons (Fsp3) is 0.348. The van der Waals surface area contributed by atoms with Gasteiger partial charge in [-0.2, -0.15) is 5.26 Å². The molecular formula is C23H25BrN4O4. The lowest BCUT2D eigenvalue weighted by Crippen LogP contribution is -2.56. The van der Waals surface area contributed by atoms with E-state index < -0.39 is 30.1 Å². The molecule has 0 saturated carbocycles. The molecule has 168 valence electrons. The van der Waals surface area contributed by atoms with E-state index in [2.05, 4.69) is 27.3 Å². The SMILES string of the molecule is C[C@H](NC(=O)[C@H](O)[C@@H](O)C(=O)N1CCN(c2ccccc2C#N)CC1)c1ccc(Br)cc1. The molecule has 0 aliphatic carbocycles. The van der Waals surface area contributed by atoms with Crippen LogP contribution in [0.15, 0.2) is 53.0 Å². The largest absolute Gasteiger partial charge is 0.380 e. The maximum Gasteiger partial charge on any atom is 0.254 e. The molecule has 1 saturated heterocycles. The highest BCUT2D eigenvalue weighted by molar-refractivity contribution is 9.10. The fourth-order valence-electron chi connectivity index (χ4n) is 3.61. The van der Waals surface area contributed by atoms with Crippen LogP contribution in [0.1, 0.15) is 24.1 Å². The molecule has 1 fully saturated rings. The second kappa shape index (κ2) is 10.6. The Morgan fingerprint density at radius 1 is 1.03 bits per heavy atom. The summed E-state index contributed by atoms with van der Waals surface area (Å²) in [5.41, 5.74) is 2.17. The number of carbonyl (C=O) groups is 2. The van der Waals surface area contributed by atoms with E-state index in [1.54, 1.807) is 19.1 Å². The molecule has 9 heteroatoms. The van der Waals surface area contributed by atoms with Gasteiger partial charge in [-0.1, -0.05) is 40.2 Å². The number of carbonyl (C=O) groups excluding carboxylic acids is 2. The quantitative estimate of drug-likeness (QED) is 0.554. The first-order chi connectivity index (χ1) is 15.3. The Balaban J connectivity index is 1.55. The third-order valence-electron chi connectivity index (χ3n) is 5.51. The van der Waals surface area contributed by atoms with Crippen molar-refractivity contribution in [2.45, 2.75) is 25.2 Å². The Labute approximate surface area is 195 Å². The fourth-order valence-corrected chi connectivity index (χ4v) is 3.88. The van der Waals surface area contributed by atoms with E-state index >= 15 is 0 Å². The third kappa shape index (κ3) is 5.46. The highest BCUT2D eigenvalue weighted by Crippen LogP contribution is 2.21. The Kier molecular flexibility index (Phi) is 7.85. The van der Waals surface area contributed by atoms with Crippen LogP contribution in [-0.2, 0) is 9.59 Å². The van der Waals surface area contributed by atoms with Gasteiger partial charge in [0.05, 0.1) is 17.3 Å². The Morgan fingerprint density at radius 2 is 1.66 bits per heavy atom. The van der Waals surface area contributed by atoms with Crippen molar-refractivity contribution in [3.8, 4) is 6.07 Å². The molecule has 2 amide bonds. The predicted octanol–water partition coefficient (Wildman–Crippen LogP) is 1.57. The van der Waals surface area contributed by atoms with Crippen molar-refractivity contribution in [3.63, 3.8) is 0 Å². The zero-order chi connectivity index (χ0) is 23.3. The van der Waals surface area contributed by atoms with Crippen LogP contribution in [0.2, 0.25) is 0 Å². The van der Waals surface area contributed by atoms with Gasteiger partial charge in [0.25, 0.3) is 11.8 Å². The van der Waals surface area contributed by atoms with Crippen molar-refractivity contribution in [3.05, 3.63) is 64.1 Å². The number of hydrogen-bond donors (Lipinski definition) is 3. The van der Waals surface area contributed by atoms with Crippen LogP contribution in [0.5, 0.6) is 0 Å². The van der Waals surface area contributed by atoms with Gasteiger partial charge in [-0.15, -0.1) is 0 Å². The van der Waals surface area contributed by atoms with E-state index in [1.165, 1.54) is 4.90 Å². The summed E-state index contributed by atoms with van der Waals surface area (Å²) in [4.78, 5) is 28.5. The van der Waals surface area contributed by atoms with Crippen LogP contribution >= 0.6 is 15.9 Å². The highest BCUT2D eigenvalue weighted by Gasteiger charge is 2.35. The van der Waals surface area contributed by atoms with E-state index in [0.29, 0.717) is 31.7 Å². The first kappa shape index (κ1) is 23.7. The summed E-state index contributed by atoms with van der Waals surface area (Å²) < 4.78 is 0.900. The molecule has 32 heavy (non-hydrogen) atoms. The standard InChI is InChI=1S/C23H25BrN4O4/c1-15(16-6-8-18(24)9-7-16)26-22(31)20(29)21(30)23(32)28-12-10-27(11-13-28)19-5-3-2-4-17(19)14-25/h2-9,15,20-21,29-30H,10-13H2,1H3,(H,26,31)/t15-,20+,21+/m0/s1. The number of para-hydroxylation sites is 1. The smallest absolute Gasteiger partial charge is 0.254 e. The van der Waals surface area contributed by atoms with Crippen molar-refractivity contribution in [2.24, 2.45) is 0 Å². The molecule has 0 unspecified atom stereocenters. The minimum absolute atomic E-state index is 0.305. The average molecular weight is 501 g/mol. The van der Waals surface area contributed by atoms with Gasteiger partial charge in [0.2, 0.25) is 0 Å². The van der Waals surface area contributed by atoms with Crippen molar-refractivity contribution in [1.82, 2.24) is 10.2 Å². The van der Waals surface area contributed by atoms with Crippen LogP contribution in [0.4, 0.5) is 5.69 Å². The van der Waals surface area contributed by atoms with Crippen molar-refractivity contribution >= 4 is 33.4 Å². The van der Waals surface area contributed by atoms with Crippen molar-refractivity contribution in [2.75, 3.05) is 31.1 Å². The number of aliphatic hydroxyl groups excluding tert-OH is 2. The first-order valence-electron chi connectivity index (χ1n) is 10.3. The van der Waals surface area contributed by atoms with Crippen molar-refractivity contribution < 1.29 is 19.8 Å². The zero-order valence-electron chi connectivity index (χ0n) is 17.6. The molecule has 3 N–H and O–H groups in total. The van der Waals surface area contributed by atoms with E-state index in [1.807, 2.05) is 41.3 Å². The van der Waals surface area contributed by atoms with Crippen LogP contribution in [-0.4, -0.2) is 65.3 Å². The number of halogens is 1. The molecule has 0 aromatic heterocycles. The summed E-state index contributed by atoms with van der Waals surface area (Å²) in [5.74, 6) is -1.51. The molecule has 1 aliphatic rings. The van der Waals surface area contributed by atoms with Crippen molar-refractivity contribution in [1.29, 1.82) is 5.26 Å². The molecule has 2 aromatic carbocycles. The predicted molar refractivity (Wildman–Crippen MR) is 123 cm³/mol. The number of nitriles is 1. The molecule has 0 bridgehead atoms. The Bertz CT molecular complexity index is 1000. The number of aliphatic hydroxyl groups is 2. The van der Waals surface area contributed by atoms with Gasteiger partial charge in [0.1, 0.15) is 6.07 Å². The summed E-state index contributed by atoms with van der Waals surface area (Å²) in [5, 5.41) is 32.5. The number of piperazine rings is 1. The molecule has 8 nitrogen and oxygen atoms in total. The van der Waals surface area contributed by atoms with Gasteiger partial charge < -0.3 is 25.3 Å². The summed E-state index contributed by atoms with van der Waals surface area (Å²) in [6, 6.07) is 16.3. The van der Waals surface area contributed by atoms with Gasteiger partial charge in [-0.3, -0.25) is 9.59 Å². The molecule has 0 radical (unpaired) electrons. The topological polar surface area (TPSA) is 117 Å². The van der Waals surface area contributed by atoms with Gasteiger partial charge in [0.15, 0.2) is 12.2 Å². The minimum atomic E-state index is -1.88. The molecule has 0 spiro atoms. The van der Waals surface area contributed by atoms with E-state index in [4.69, 9.17) is 0 Å². The van der Waals surface area contributed by atoms with E-state index in [-0.39, 0.29) is 0 Å². The van der Waals surface area contributed by atoms with E-state index in [0.717, 1.165) is 15.7 Å². The Hall–Kier alpha value is -2.93. The van der Waals surface area contributed by atoms with Gasteiger partial charge in [0, 0.05) is 30.7 Å². The van der Waals surface area contributed by atoms with Crippen LogP contribution in [0.3, 0.4) is 0 Å². The van der Waals surface area contributed by atoms with Crippen LogP contribution in [0.25, 0.3) is 0 Å². The normalized spacial score (nSPS) is 16.6. The number of hydrogen-bond acceptors (Lipinski definition) is 6. The van der Waals surface area contributed by atoms with Crippen LogP contribution < -0.4 is 10.2 Å². The Morgan fingerprint density at radius 3 is 2.28 bits per heavy atom. The maximum absolute atomic E-state index is 12.7. The molecule has 3 atom stereocenters. The highest BCUT2D eigenvalue weighted by atomic mass is 79.9. The van der Waals surface area contributed by atoms with E-state index in [9.17, 15) is 25.1 Å². The summed E-state index contributed by atoms with van der Waals surface area (Å²) in [6.07, 6.45) is -3.73. The maximum atomic E-state index is 12.7. The molecule has 2 aromatic rings. The molecule has 1 aliphatic heterocycles. The zero-order valence-corrected chi connectivity index (χ0v) is 19.2. The van der Waals surface area contributed by atoms with Crippen LogP contribution in [0, 0.1) is 11.3 Å². The summed E-state index contributed by atoms with van der Waals surface area (Å²) >= 11 is 3.35. The second-order valence-corrected chi connectivity index (χ2v) is 8.53. The number of nitrogens with zero attached hydrogens (tertiary/aromatic N) is 3. The molecule has 3 rings (SSSR count). The third-order valence-corrected chi connectivity index (χ3v) is 6.03. The lowest BCUT2D eigenvalue weighted by atomic mass is 10.1. The summed E-state index contributed by atoms with van der Waals surface area (Å²) in [6.45, 7) is 3.30. The average Bonchev–Trinajstić information content (AvgIpc) is 2.83. The number of anilines is 1. The second-order valence-electron chi connectivity index (χ2n) is 7.61.